The zero-order chi connectivity index (χ0) is 49.3. The highest BCUT2D eigenvalue weighted by atomic mass is 16.6. The van der Waals surface area contributed by atoms with Gasteiger partial charge in [-0.15, -0.1) is 0 Å². The Morgan fingerprint density at radius 2 is 0.588 bits per heavy atom. The number of hydrogen-bond donors (Lipinski definition) is 0. The third-order valence-electron chi connectivity index (χ3n) is 11.2. The first-order valence-electron chi connectivity index (χ1n) is 27.5. The second kappa shape index (κ2) is 55.4. The number of unbranched alkanes of at least 4 members (excludes halogenated alkanes) is 17. The second-order valence-electron chi connectivity index (χ2n) is 17.7. The Morgan fingerprint density at radius 1 is 0.309 bits per heavy atom. The van der Waals surface area contributed by atoms with Crippen LogP contribution in [0.3, 0.4) is 0 Å². The molecule has 0 heterocycles. The number of allylic oxidation sites excluding steroid dienone is 20. The SMILES string of the molecule is CC/C=C\C/C=C\C/C=C\C/C=C\C/C=C\C/C=C\CCCCC(=O)OCC(COC(=O)CCCCCCC/C=C\C/C=C\CCCC)OC(=O)CCCCCCC/C=C\C/C=C\CCCCC. The van der Waals surface area contributed by atoms with Gasteiger partial charge in [0.2, 0.25) is 0 Å². The third-order valence-corrected chi connectivity index (χ3v) is 11.2. The number of hydrogen-bond acceptors (Lipinski definition) is 6. The fourth-order valence-electron chi connectivity index (χ4n) is 7.02. The van der Waals surface area contributed by atoms with E-state index in [0.717, 1.165) is 141 Å². The highest BCUT2D eigenvalue weighted by Gasteiger charge is 2.19. The second-order valence-corrected chi connectivity index (χ2v) is 17.7. The van der Waals surface area contributed by atoms with Crippen molar-refractivity contribution in [3.63, 3.8) is 0 Å². The lowest BCUT2D eigenvalue weighted by Crippen LogP contribution is -2.30. The molecule has 0 aliphatic heterocycles. The summed E-state index contributed by atoms with van der Waals surface area (Å²) in [5.41, 5.74) is 0. The van der Waals surface area contributed by atoms with Crippen molar-refractivity contribution < 1.29 is 28.6 Å². The Balaban J connectivity index is 4.52. The average Bonchev–Trinajstić information content (AvgIpc) is 3.34. The summed E-state index contributed by atoms with van der Waals surface area (Å²) in [6.07, 6.45) is 76.1. The number of rotatable bonds is 48. The Hall–Kier alpha value is -4.19. The average molecular weight is 941 g/mol. The topological polar surface area (TPSA) is 78.9 Å². The van der Waals surface area contributed by atoms with Crippen LogP contribution in [-0.2, 0) is 28.6 Å². The molecule has 0 aromatic rings. The van der Waals surface area contributed by atoms with Gasteiger partial charge in [-0.3, -0.25) is 14.4 Å². The minimum absolute atomic E-state index is 0.108. The predicted octanol–water partition coefficient (Wildman–Crippen LogP) is 18.5. The maximum atomic E-state index is 12.8. The number of carbonyl (C=O) groups is 3. The molecule has 0 saturated carbocycles. The Kier molecular flexibility index (Phi) is 52.0. The van der Waals surface area contributed by atoms with Crippen molar-refractivity contribution in [1.29, 1.82) is 0 Å². The smallest absolute Gasteiger partial charge is 0.306 e. The quantitative estimate of drug-likeness (QED) is 0.0262. The monoisotopic (exact) mass is 941 g/mol. The highest BCUT2D eigenvalue weighted by Crippen LogP contribution is 2.13. The van der Waals surface area contributed by atoms with Crippen LogP contribution in [0.5, 0.6) is 0 Å². The predicted molar refractivity (Wildman–Crippen MR) is 293 cm³/mol. The summed E-state index contributed by atoms with van der Waals surface area (Å²) >= 11 is 0. The lowest BCUT2D eigenvalue weighted by atomic mass is 10.1. The zero-order valence-electron chi connectivity index (χ0n) is 43.8. The number of esters is 3. The van der Waals surface area contributed by atoms with Gasteiger partial charge in [0, 0.05) is 19.3 Å². The molecule has 0 aromatic carbocycles. The van der Waals surface area contributed by atoms with Gasteiger partial charge in [0.1, 0.15) is 13.2 Å². The van der Waals surface area contributed by atoms with E-state index in [9.17, 15) is 14.4 Å². The Bertz CT molecular complexity index is 1450. The molecule has 68 heavy (non-hydrogen) atoms. The number of ether oxygens (including phenoxy) is 3. The largest absolute Gasteiger partial charge is 0.462 e. The molecule has 6 heteroatoms. The van der Waals surface area contributed by atoms with Gasteiger partial charge in [-0.25, -0.2) is 0 Å². The van der Waals surface area contributed by atoms with Gasteiger partial charge in [0.15, 0.2) is 6.10 Å². The van der Waals surface area contributed by atoms with Crippen molar-refractivity contribution in [2.24, 2.45) is 0 Å². The molecular formula is C62H100O6. The van der Waals surface area contributed by atoms with E-state index in [-0.39, 0.29) is 31.1 Å². The molecule has 1 unspecified atom stereocenters. The van der Waals surface area contributed by atoms with Crippen LogP contribution in [-0.4, -0.2) is 37.2 Å². The third kappa shape index (κ3) is 52.8. The molecule has 0 radical (unpaired) electrons. The van der Waals surface area contributed by atoms with Gasteiger partial charge in [-0.1, -0.05) is 206 Å². The molecule has 0 aliphatic rings. The van der Waals surface area contributed by atoms with E-state index in [1.165, 1.54) is 44.9 Å². The van der Waals surface area contributed by atoms with Crippen molar-refractivity contribution in [3.05, 3.63) is 122 Å². The maximum absolute atomic E-state index is 12.8. The van der Waals surface area contributed by atoms with Gasteiger partial charge < -0.3 is 14.2 Å². The van der Waals surface area contributed by atoms with Crippen molar-refractivity contribution in [3.8, 4) is 0 Å². The van der Waals surface area contributed by atoms with Gasteiger partial charge in [-0.2, -0.15) is 0 Å². The summed E-state index contributed by atoms with van der Waals surface area (Å²) in [7, 11) is 0. The van der Waals surface area contributed by atoms with Crippen LogP contribution in [0, 0.1) is 0 Å². The van der Waals surface area contributed by atoms with Crippen molar-refractivity contribution >= 4 is 17.9 Å². The van der Waals surface area contributed by atoms with Crippen LogP contribution in [0.15, 0.2) is 122 Å². The first-order chi connectivity index (χ1) is 33.5. The zero-order valence-corrected chi connectivity index (χ0v) is 43.8. The maximum Gasteiger partial charge on any atom is 0.306 e. The highest BCUT2D eigenvalue weighted by molar-refractivity contribution is 5.71. The van der Waals surface area contributed by atoms with Crippen LogP contribution in [0.2, 0.25) is 0 Å². The summed E-state index contributed by atoms with van der Waals surface area (Å²) in [5.74, 6) is -0.985. The molecule has 0 spiro atoms. The van der Waals surface area contributed by atoms with E-state index in [0.29, 0.717) is 25.7 Å². The fraction of sp³-hybridized carbons (Fsp3) is 0.629. The van der Waals surface area contributed by atoms with Crippen LogP contribution >= 0.6 is 0 Å². The fourth-order valence-corrected chi connectivity index (χ4v) is 7.02. The van der Waals surface area contributed by atoms with Crippen molar-refractivity contribution in [2.75, 3.05) is 13.2 Å². The molecule has 0 aromatic heterocycles. The first kappa shape index (κ1) is 63.8. The molecule has 0 saturated heterocycles. The first-order valence-corrected chi connectivity index (χ1v) is 27.5. The molecule has 0 rings (SSSR count). The van der Waals surface area contributed by atoms with E-state index >= 15 is 0 Å². The lowest BCUT2D eigenvalue weighted by molar-refractivity contribution is -0.167. The molecule has 1 atom stereocenters. The summed E-state index contributed by atoms with van der Waals surface area (Å²) in [5, 5.41) is 0. The van der Waals surface area contributed by atoms with E-state index in [1.54, 1.807) is 0 Å². The van der Waals surface area contributed by atoms with Crippen LogP contribution in [0.4, 0.5) is 0 Å². The van der Waals surface area contributed by atoms with Crippen molar-refractivity contribution in [2.45, 2.75) is 239 Å². The van der Waals surface area contributed by atoms with E-state index in [2.05, 4.69) is 142 Å². The molecule has 0 amide bonds. The van der Waals surface area contributed by atoms with Gasteiger partial charge >= 0.3 is 17.9 Å². The summed E-state index contributed by atoms with van der Waals surface area (Å²) in [6.45, 7) is 6.38. The minimum Gasteiger partial charge on any atom is -0.462 e. The van der Waals surface area contributed by atoms with E-state index in [1.807, 2.05) is 0 Å². The van der Waals surface area contributed by atoms with Crippen molar-refractivity contribution in [1.82, 2.24) is 0 Å². The summed E-state index contributed by atoms with van der Waals surface area (Å²) in [6, 6.07) is 0. The Morgan fingerprint density at radius 3 is 0.971 bits per heavy atom. The molecule has 0 N–H and O–H groups in total. The lowest BCUT2D eigenvalue weighted by Gasteiger charge is -2.18. The van der Waals surface area contributed by atoms with Gasteiger partial charge in [-0.05, 0) is 128 Å². The van der Waals surface area contributed by atoms with Gasteiger partial charge in [0.25, 0.3) is 0 Å². The van der Waals surface area contributed by atoms with Crippen LogP contribution in [0.25, 0.3) is 0 Å². The normalized spacial score (nSPS) is 13.0. The molecule has 384 valence electrons. The molecular weight excluding hydrogens is 841 g/mol. The Labute approximate surface area is 418 Å². The summed E-state index contributed by atoms with van der Waals surface area (Å²) in [4.78, 5) is 38.1. The van der Waals surface area contributed by atoms with Crippen LogP contribution in [0.1, 0.15) is 233 Å². The standard InChI is InChI=1S/C62H100O6/c1-4-7-10-13-16-19-22-25-28-29-30-31-32-33-35-37-40-43-46-49-52-55-61(64)67-58-59(57-66-60(63)54-51-48-45-42-39-36-27-24-21-18-15-12-9-6-3)68-62(65)56-53-50-47-44-41-38-34-26-23-20-17-14-11-8-5-2/h7,10,15-20,24-28,30-31,33-35,40,43,59H,4-6,8-9,11-14,21-23,29,32,36-39,41-42,44-58H2,1-3H3/b10-7-,18-15-,19-16-,20-17-,27-24-,28-25-,31-30-,34-26-,35-33-,43-40-. The van der Waals surface area contributed by atoms with E-state index in [4.69, 9.17) is 14.2 Å². The summed E-state index contributed by atoms with van der Waals surface area (Å²) < 4.78 is 16.8. The van der Waals surface area contributed by atoms with Crippen LogP contribution < -0.4 is 0 Å². The molecule has 0 bridgehead atoms. The van der Waals surface area contributed by atoms with E-state index < -0.39 is 6.10 Å². The molecule has 0 aliphatic carbocycles. The minimum atomic E-state index is -0.813. The number of carbonyl (C=O) groups excluding carboxylic acids is 3. The molecule has 6 nitrogen and oxygen atoms in total. The molecule has 0 fully saturated rings. The van der Waals surface area contributed by atoms with Gasteiger partial charge in [0.05, 0.1) is 0 Å².